The summed E-state index contributed by atoms with van der Waals surface area (Å²) < 4.78 is 0. The van der Waals surface area contributed by atoms with Crippen molar-refractivity contribution in [3.8, 4) is 33.4 Å². The molecule has 0 atom stereocenters. The average molecular weight is 447 g/mol. The Bertz CT molecular complexity index is 1730. The van der Waals surface area contributed by atoms with E-state index in [0.29, 0.717) is 0 Å². The smallest absolute Gasteiger partial charge is 0.00134 e. The lowest BCUT2D eigenvalue weighted by molar-refractivity contribution is 1.26. The third-order valence-electron chi connectivity index (χ3n) is 7.73. The van der Waals surface area contributed by atoms with Crippen LogP contribution in [0.25, 0.3) is 54.9 Å². The summed E-state index contributed by atoms with van der Waals surface area (Å²) in [5.41, 5.74) is 13.5. The molecule has 0 bridgehead atoms. The molecule has 0 spiro atoms. The highest BCUT2D eigenvalue weighted by atomic mass is 14.2. The number of hydrogen-bond acceptors (Lipinski definition) is 0. The topological polar surface area (TPSA) is 0 Å². The van der Waals surface area contributed by atoms with Crippen molar-refractivity contribution >= 4 is 21.5 Å². The van der Waals surface area contributed by atoms with Crippen molar-refractivity contribution in [1.82, 2.24) is 0 Å². The van der Waals surface area contributed by atoms with E-state index in [1.54, 1.807) is 0 Å². The van der Waals surface area contributed by atoms with Crippen molar-refractivity contribution in [3.05, 3.63) is 131 Å². The molecule has 0 unspecified atom stereocenters. The predicted octanol–water partition coefficient (Wildman–Crippen LogP) is 9.52. The second-order valence-electron chi connectivity index (χ2n) is 9.88. The van der Waals surface area contributed by atoms with Gasteiger partial charge in [0.2, 0.25) is 0 Å². The largest absolute Gasteiger partial charge is 0.0616 e. The fourth-order valence-electron chi connectivity index (χ4n) is 5.97. The molecule has 35 heavy (non-hydrogen) atoms. The molecule has 0 radical (unpaired) electrons. The van der Waals surface area contributed by atoms with Crippen molar-refractivity contribution in [2.24, 2.45) is 0 Å². The Labute approximate surface area is 206 Å². The molecule has 0 fully saturated rings. The van der Waals surface area contributed by atoms with E-state index in [1.807, 2.05) is 0 Å². The zero-order valence-corrected chi connectivity index (χ0v) is 20.1. The van der Waals surface area contributed by atoms with Crippen LogP contribution in [0.3, 0.4) is 0 Å². The van der Waals surface area contributed by atoms with Gasteiger partial charge in [-0.1, -0.05) is 103 Å². The minimum absolute atomic E-state index is 1.03. The summed E-state index contributed by atoms with van der Waals surface area (Å²) in [6, 6.07) is 40.6. The van der Waals surface area contributed by atoms with Crippen LogP contribution in [0.5, 0.6) is 0 Å². The maximum atomic E-state index is 2.39. The molecule has 6 aromatic rings. The highest BCUT2D eigenvalue weighted by Crippen LogP contribution is 2.42. The number of benzene rings is 6. The van der Waals surface area contributed by atoms with Gasteiger partial charge in [0.1, 0.15) is 0 Å². The molecular weight excluding hydrogens is 420 g/mol. The monoisotopic (exact) mass is 446 g/mol. The highest BCUT2D eigenvalue weighted by molar-refractivity contribution is 6.15. The minimum atomic E-state index is 1.03. The molecule has 0 heterocycles. The third kappa shape index (κ3) is 3.14. The second kappa shape index (κ2) is 7.68. The first-order valence-electron chi connectivity index (χ1n) is 12.4. The molecule has 0 nitrogen and oxygen atoms in total. The van der Waals surface area contributed by atoms with Gasteiger partial charge in [-0.15, -0.1) is 0 Å². The first-order chi connectivity index (χ1) is 17.2. The van der Waals surface area contributed by atoms with E-state index in [9.17, 15) is 0 Å². The summed E-state index contributed by atoms with van der Waals surface area (Å²) in [6.07, 6.45) is 1.03. The Morgan fingerprint density at radius 2 is 1.03 bits per heavy atom. The van der Waals surface area contributed by atoms with Crippen molar-refractivity contribution in [2.45, 2.75) is 20.3 Å². The highest BCUT2D eigenvalue weighted by Gasteiger charge is 2.19. The zero-order valence-electron chi connectivity index (χ0n) is 20.1. The first kappa shape index (κ1) is 20.2. The van der Waals surface area contributed by atoms with E-state index in [4.69, 9.17) is 0 Å². The van der Waals surface area contributed by atoms with Crippen LogP contribution in [0.2, 0.25) is 0 Å². The van der Waals surface area contributed by atoms with Crippen LogP contribution in [-0.2, 0) is 6.42 Å². The van der Waals surface area contributed by atoms with Crippen LogP contribution in [0.15, 0.2) is 109 Å². The number of fused-ring (bicyclic) bond motifs is 5. The fourth-order valence-corrected chi connectivity index (χ4v) is 5.97. The molecule has 0 saturated carbocycles. The van der Waals surface area contributed by atoms with Gasteiger partial charge in [-0.2, -0.15) is 0 Å². The quantitative estimate of drug-likeness (QED) is 0.232. The van der Waals surface area contributed by atoms with Gasteiger partial charge in [-0.25, -0.2) is 0 Å². The molecule has 0 aromatic heterocycles. The van der Waals surface area contributed by atoms with Gasteiger partial charge in [0.25, 0.3) is 0 Å². The van der Waals surface area contributed by atoms with Gasteiger partial charge in [-0.05, 0) is 104 Å². The minimum Gasteiger partial charge on any atom is -0.0616 e. The molecule has 0 N–H and O–H groups in total. The molecule has 166 valence electrons. The molecule has 0 amide bonds. The average Bonchev–Trinajstić information content (AvgIpc) is 3.26. The zero-order chi connectivity index (χ0) is 23.5. The standard InChI is InChI=1S/C35H26/c1-22-14-15-26-20-27-17-16-25(21-34(27)33(26)18-22)24-8-7-9-28(19-24)35-31-12-5-3-10-29(31)23(2)30-11-4-6-13-32(30)35/h3-19,21H,20H2,1-2H3. The molecule has 1 aliphatic rings. The van der Waals surface area contributed by atoms with Crippen LogP contribution in [0.4, 0.5) is 0 Å². The van der Waals surface area contributed by atoms with Gasteiger partial charge in [-0.3, -0.25) is 0 Å². The van der Waals surface area contributed by atoms with Gasteiger partial charge in [0, 0.05) is 0 Å². The van der Waals surface area contributed by atoms with E-state index in [2.05, 4.69) is 123 Å². The lowest BCUT2D eigenvalue weighted by atomic mass is 9.88. The maximum absolute atomic E-state index is 2.39. The van der Waals surface area contributed by atoms with E-state index in [1.165, 1.54) is 77.2 Å². The Kier molecular flexibility index (Phi) is 4.44. The molecule has 0 aliphatic heterocycles. The van der Waals surface area contributed by atoms with E-state index < -0.39 is 0 Å². The van der Waals surface area contributed by atoms with Gasteiger partial charge in [0.15, 0.2) is 0 Å². The Morgan fingerprint density at radius 3 is 1.74 bits per heavy atom. The van der Waals surface area contributed by atoms with Gasteiger partial charge >= 0.3 is 0 Å². The molecule has 0 heteroatoms. The predicted molar refractivity (Wildman–Crippen MR) is 150 cm³/mol. The van der Waals surface area contributed by atoms with Crippen LogP contribution in [0, 0.1) is 13.8 Å². The van der Waals surface area contributed by atoms with Crippen molar-refractivity contribution in [3.63, 3.8) is 0 Å². The van der Waals surface area contributed by atoms with Gasteiger partial charge < -0.3 is 0 Å². The van der Waals surface area contributed by atoms with Crippen molar-refractivity contribution < 1.29 is 0 Å². The van der Waals surface area contributed by atoms with Gasteiger partial charge in [0.05, 0.1) is 0 Å². The third-order valence-corrected chi connectivity index (χ3v) is 7.73. The molecule has 6 aromatic carbocycles. The Hall–Kier alpha value is -4.16. The second-order valence-corrected chi connectivity index (χ2v) is 9.88. The van der Waals surface area contributed by atoms with Crippen LogP contribution < -0.4 is 0 Å². The summed E-state index contributed by atoms with van der Waals surface area (Å²) in [4.78, 5) is 0. The summed E-state index contributed by atoms with van der Waals surface area (Å²) in [6.45, 7) is 4.43. The van der Waals surface area contributed by atoms with E-state index >= 15 is 0 Å². The Balaban J connectivity index is 1.43. The summed E-state index contributed by atoms with van der Waals surface area (Å²) in [5, 5.41) is 5.30. The normalized spacial score (nSPS) is 12.2. The SMILES string of the molecule is Cc1ccc2c(c1)-c1cc(-c3cccc(-c4c5ccccc5c(C)c5ccccc45)c3)ccc1C2. The Morgan fingerprint density at radius 1 is 0.457 bits per heavy atom. The summed E-state index contributed by atoms with van der Waals surface area (Å²) >= 11 is 0. The lowest BCUT2D eigenvalue weighted by Gasteiger charge is -2.16. The van der Waals surface area contributed by atoms with Crippen LogP contribution in [-0.4, -0.2) is 0 Å². The first-order valence-corrected chi connectivity index (χ1v) is 12.4. The fraction of sp³-hybridized carbons (Fsp3) is 0.0857. The number of hydrogen-bond donors (Lipinski definition) is 0. The molecule has 0 saturated heterocycles. The van der Waals surface area contributed by atoms with E-state index in [-0.39, 0.29) is 0 Å². The lowest BCUT2D eigenvalue weighted by Crippen LogP contribution is -1.90. The number of rotatable bonds is 2. The molecular formula is C35H26. The molecule has 7 rings (SSSR count). The van der Waals surface area contributed by atoms with Crippen LogP contribution >= 0.6 is 0 Å². The van der Waals surface area contributed by atoms with E-state index in [0.717, 1.165) is 6.42 Å². The van der Waals surface area contributed by atoms with Crippen LogP contribution in [0.1, 0.15) is 22.3 Å². The summed E-state index contributed by atoms with van der Waals surface area (Å²) in [5.74, 6) is 0. The maximum Gasteiger partial charge on any atom is -0.00134 e. The summed E-state index contributed by atoms with van der Waals surface area (Å²) in [7, 11) is 0. The number of aryl methyl sites for hydroxylation is 2. The van der Waals surface area contributed by atoms with Crippen molar-refractivity contribution in [1.29, 1.82) is 0 Å². The van der Waals surface area contributed by atoms with Crippen molar-refractivity contribution in [2.75, 3.05) is 0 Å². The molecule has 1 aliphatic carbocycles.